The normalized spacial score (nSPS) is 10.4. The molecule has 21 heavy (non-hydrogen) atoms. The molecule has 8 heteroatoms. The molecule has 1 aromatic heterocycles. The molecule has 1 heterocycles. The van der Waals surface area contributed by atoms with E-state index in [1.165, 1.54) is 0 Å². The smallest absolute Gasteiger partial charge is 0.340 e. The fourth-order valence-electron chi connectivity index (χ4n) is 1.66. The highest BCUT2D eigenvalue weighted by atomic mass is 32.2. The fraction of sp³-hybridized carbons (Fsp3) is 0.538. The summed E-state index contributed by atoms with van der Waals surface area (Å²) in [6.45, 7) is 4.42. The summed E-state index contributed by atoms with van der Waals surface area (Å²) in [7, 11) is 1.60. The van der Waals surface area contributed by atoms with Gasteiger partial charge in [0.15, 0.2) is 0 Å². The van der Waals surface area contributed by atoms with Crippen molar-refractivity contribution < 1.29 is 19.4 Å². The van der Waals surface area contributed by atoms with Gasteiger partial charge in [-0.2, -0.15) is 0 Å². The van der Waals surface area contributed by atoms with Gasteiger partial charge in [-0.3, -0.25) is 4.79 Å². The molecule has 116 valence electrons. The molecular formula is C13H19N3O4S. The summed E-state index contributed by atoms with van der Waals surface area (Å²) in [4.78, 5) is 31.0. The van der Waals surface area contributed by atoms with Crippen LogP contribution in [0.1, 0.15) is 28.3 Å². The highest BCUT2D eigenvalue weighted by Gasteiger charge is 2.18. The Morgan fingerprint density at radius 3 is 2.67 bits per heavy atom. The highest BCUT2D eigenvalue weighted by molar-refractivity contribution is 8.00. The second-order valence-corrected chi connectivity index (χ2v) is 5.29. The van der Waals surface area contributed by atoms with E-state index < -0.39 is 5.97 Å². The van der Waals surface area contributed by atoms with Crippen molar-refractivity contribution in [3.63, 3.8) is 0 Å². The second-order valence-electron chi connectivity index (χ2n) is 4.33. The zero-order chi connectivity index (χ0) is 15.8. The first-order chi connectivity index (χ1) is 9.95. The Hall–Kier alpha value is -1.67. The number of nitrogens with zero attached hydrogens (tertiary/aromatic N) is 2. The molecule has 0 aliphatic carbocycles. The van der Waals surface area contributed by atoms with Gasteiger partial charge in [-0.25, -0.2) is 14.8 Å². The molecule has 0 aliphatic heterocycles. The molecule has 0 bridgehead atoms. The Morgan fingerprint density at radius 1 is 1.33 bits per heavy atom. The van der Waals surface area contributed by atoms with Gasteiger partial charge in [-0.1, -0.05) is 11.8 Å². The first-order valence-electron chi connectivity index (χ1n) is 6.42. The molecule has 1 amide bonds. The van der Waals surface area contributed by atoms with Crippen LogP contribution in [-0.4, -0.2) is 53.0 Å². The number of aromatic carboxylic acids is 1. The van der Waals surface area contributed by atoms with Crippen molar-refractivity contribution in [2.24, 2.45) is 0 Å². The number of carboxylic acids is 1. The summed E-state index contributed by atoms with van der Waals surface area (Å²) in [5.41, 5.74) is 0.454. The van der Waals surface area contributed by atoms with Crippen LogP contribution in [-0.2, 0) is 9.53 Å². The first-order valence-corrected chi connectivity index (χ1v) is 7.41. The molecule has 2 N–H and O–H groups in total. The van der Waals surface area contributed by atoms with Crippen molar-refractivity contribution in [3.05, 3.63) is 17.1 Å². The summed E-state index contributed by atoms with van der Waals surface area (Å²) in [5.74, 6) is -0.652. The number of carboxylic acid groups (broad SMARTS) is 1. The highest BCUT2D eigenvalue weighted by Crippen LogP contribution is 2.22. The third-order valence-corrected chi connectivity index (χ3v) is 3.55. The van der Waals surface area contributed by atoms with Gasteiger partial charge in [0.25, 0.3) is 0 Å². The standard InChI is InChI=1S/C13H19N3O4S/c1-8-11(13(18)19)12(16-9(2)15-8)21-7-10(17)14-5-4-6-20-3/h4-7H2,1-3H3,(H,14,17)(H,18,19). The SMILES string of the molecule is COCCCNC(=O)CSc1nc(C)nc(C)c1C(=O)O. The van der Waals surface area contributed by atoms with Crippen LogP contribution in [0.2, 0.25) is 0 Å². The molecule has 0 aromatic carbocycles. The van der Waals surface area contributed by atoms with E-state index in [-0.39, 0.29) is 17.2 Å². The minimum absolute atomic E-state index is 0.0535. The second kappa shape index (κ2) is 8.58. The summed E-state index contributed by atoms with van der Waals surface area (Å²) in [5, 5.41) is 12.2. The molecule has 0 radical (unpaired) electrons. The van der Waals surface area contributed by atoms with E-state index in [1.807, 2.05) is 0 Å². The quantitative estimate of drug-likeness (QED) is 0.420. The molecule has 1 aromatic rings. The van der Waals surface area contributed by atoms with Crippen LogP contribution in [0.5, 0.6) is 0 Å². The number of methoxy groups -OCH3 is 1. The molecule has 0 unspecified atom stereocenters. The van der Waals surface area contributed by atoms with Crippen LogP contribution in [0.25, 0.3) is 0 Å². The van der Waals surface area contributed by atoms with Crippen molar-refractivity contribution in [2.45, 2.75) is 25.3 Å². The topological polar surface area (TPSA) is 101 Å². The van der Waals surface area contributed by atoms with Crippen molar-refractivity contribution >= 4 is 23.6 Å². The molecule has 7 nitrogen and oxygen atoms in total. The number of aromatic nitrogens is 2. The lowest BCUT2D eigenvalue weighted by molar-refractivity contribution is -0.118. The largest absolute Gasteiger partial charge is 0.478 e. The summed E-state index contributed by atoms with van der Waals surface area (Å²) < 4.78 is 4.88. The van der Waals surface area contributed by atoms with Crippen LogP contribution in [0.4, 0.5) is 0 Å². The third kappa shape index (κ3) is 5.68. The van der Waals surface area contributed by atoms with E-state index in [4.69, 9.17) is 4.74 Å². The average molecular weight is 313 g/mol. The summed E-state index contributed by atoms with van der Waals surface area (Å²) in [6.07, 6.45) is 0.735. The number of amides is 1. The number of carbonyl (C=O) groups is 2. The van der Waals surface area contributed by atoms with Crippen molar-refractivity contribution in [2.75, 3.05) is 26.0 Å². The molecular weight excluding hydrogens is 294 g/mol. The summed E-state index contributed by atoms with van der Waals surface area (Å²) >= 11 is 1.10. The number of thioether (sulfide) groups is 1. The van der Waals surface area contributed by atoms with E-state index in [0.29, 0.717) is 29.7 Å². The molecule has 0 atom stereocenters. The lowest BCUT2D eigenvalue weighted by Gasteiger charge is -2.09. The van der Waals surface area contributed by atoms with Crippen LogP contribution < -0.4 is 5.32 Å². The van der Waals surface area contributed by atoms with Gasteiger partial charge in [0.2, 0.25) is 5.91 Å². The van der Waals surface area contributed by atoms with Crippen LogP contribution in [0, 0.1) is 13.8 Å². The number of carbonyl (C=O) groups excluding carboxylic acids is 1. The Kier molecular flexibility index (Phi) is 7.10. The van der Waals surface area contributed by atoms with Crippen LogP contribution in [0.3, 0.4) is 0 Å². The zero-order valence-corrected chi connectivity index (χ0v) is 13.1. The van der Waals surface area contributed by atoms with E-state index in [9.17, 15) is 14.7 Å². The lowest BCUT2D eigenvalue weighted by Crippen LogP contribution is -2.27. The lowest BCUT2D eigenvalue weighted by atomic mass is 10.2. The maximum absolute atomic E-state index is 11.7. The number of hydrogen-bond donors (Lipinski definition) is 2. The van der Waals surface area contributed by atoms with Crippen molar-refractivity contribution in [3.8, 4) is 0 Å². The zero-order valence-electron chi connectivity index (χ0n) is 12.3. The van der Waals surface area contributed by atoms with Crippen molar-refractivity contribution in [1.82, 2.24) is 15.3 Å². The molecule has 0 spiro atoms. The maximum atomic E-state index is 11.7. The van der Waals surface area contributed by atoms with Crippen molar-refractivity contribution in [1.29, 1.82) is 0 Å². The molecule has 0 aliphatic rings. The monoisotopic (exact) mass is 313 g/mol. The Labute approximate surface area is 127 Å². The van der Waals surface area contributed by atoms with Crippen LogP contribution in [0.15, 0.2) is 5.03 Å². The summed E-state index contributed by atoms with van der Waals surface area (Å²) in [6, 6.07) is 0. The van der Waals surface area contributed by atoms with Gasteiger partial charge in [-0.05, 0) is 20.3 Å². The minimum Gasteiger partial charge on any atom is -0.478 e. The first kappa shape index (κ1) is 17.4. The van der Waals surface area contributed by atoms with E-state index in [0.717, 1.165) is 18.2 Å². The van der Waals surface area contributed by atoms with E-state index in [2.05, 4.69) is 15.3 Å². The Bertz CT molecular complexity index is 522. The molecule has 0 fully saturated rings. The Balaban J connectivity index is 2.62. The Morgan fingerprint density at radius 2 is 2.05 bits per heavy atom. The number of rotatable bonds is 8. The van der Waals surface area contributed by atoms with Gasteiger partial charge < -0.3 is 15.2 Å². The molecule has 1 rings (SSSR count). The van der Waals surface area contributed by atoms with Crippen LogP contribution >= 0.6 is 11.8 Å². The predicted molar refractivity (Wildman–Crippen MR) is 78.7 cm³/mol. The number of aryl methyl sites for hydroxylation is 2. The van der Waals surface area contributed by atoms with Gasteiger partial charge in [0.05, 0.1) is 11.4 Å². The number of ether oxygens (including phenoxy) is 1. The van der Waals surface area contributed by atoms with Gasteiger partial charge in [-0.15, -0.1) is 0 Å². The number of nitrogens with one attached hydrogen (secondary N) is 1. The van der Waals surface area contributed by atoms with Gasteiger partial charge in [0, 0.05) is 20.3 Å². The van der Waals surface area contributed by atoms with E-state index in [1.54, 1.807) is 21.0 Å². The molecule has 0 saturated heterocycles. The van der Waals surface area contributed by atoms with E-state index >= 15 is 0 Å². The van der Waals surface area contributed by atoms with Gasteiger partial charge >= 0.3 is 5.97 Å². The third-order valence-electron chi connectivity index (χ3n) is 2.57. The number of hydrogen-bond acceptors (Lipinski definition) is 6. The predicted octanol–water partition coefficient (Wildman–Crippen LogP) is 1.04. The van der Waals surface area contributed by atoms with Gasteiger partial charge in [0.1, 0.15) is 16.4 Å². The molecule has 0 saturated carbocycles. The minimum atomic E-state index is -1.09. The average Bonchev–Trinajstić information content (AvgIpc) is 2.40. The maximum Gasteiger partial charge on any atom is 0.340 e. The fourth-order valence-corrected chi connectivity index (χ4v) is 2.61.